The number of H-pyrrole nitrogens is 1. The molecule has 37 heteroatoms. The molecule has 6 N–H and O–H groups in total. The first-order valence-corrected chi connectivity index (χ1v) is 42.6. The van der Waals surface area contributed by atoms with Crippen molar-refractivity contribution in [3.8, 4) is 69.8 Å². The van der Waals surface area contributed by atoms with Crippen molar-refractivity contribution in [3.63, 3.8) is 0 Å². The minimum atomic E-state index is -3.43. The summed E-state index contributed by atoms with van der Waals surface area (Å²) < 4.78 is 191. The van der Waals surface area contributed by atoms with Crippen molar-refractivity contribution in [1.82, 2.24) is 18.7 Å². The molecule has 4 atom stereocenters. The van der Waals surface area contributed by atoms with Crippen molar-refractivity contribution in [1.29, 1.82) is 21.0 Å². The fourth-order valence-electron chi connectivity index (χ4n) is 13.1. The van der Waals surface area contributed by atoms with Gasteiger partial charge in [0.1, 0.15) is 47.3 Å². The zero-order valence-corrected chi connectivity index (χ0v) is 71.2. The third-order valence-corrected chi connectivity index (χ3v) is 19.9. The van der Waals surface area contributed by atoms with E-state index in [4.69, 9.17) is 35.7 Å². The van der Waals surface area contributed by atoms with E-state index >= 15 is 0 Å². The average Bonchev–Trinajstić information content (AvgIpc) is 1.60. The van der Waals surface area contributed by atoms with E-state index in [0.29, 0.717) is 122 Å². The number of benzene rings is 7. The van der Waals surface area contributed by atoms with Crippen LogP contribution in [-0.4, -0.2) is 131 Å². The predicted molar refractivity (Wildman–Crippen MR) is 445 cm³/mol. The summed E-state index contributed by atoms with van der Waals surface area (Å²) in [4.78, 5) is 2.81. The van der Waals surface area contributed by atoms with E-state index in [9.17, 15) is 67.7 Å². The summed E-state index contributed by atoms with van der Waals surface area (Å²) in [5.74, 6) is 0.224. The number of hydrogen-bond donors (Lipinski definition) is 4. The number of nitrogens with zero attached hydrogens (tertiary/aromatic N) is 7. The van der Waals surface area contributed by atoms with E-state index in [-0.39, 0.29) is 79.7 Å². The molecule has 0 radical (unpaired) electrons. The molecule has 4 saturated heterocycles. The van der Waals surface area contributed by atoms with Crippen molar-refractivity contribution in [2.45, 2.75) is 129 Å². The number of halogens is 11. The van der Waals surface area contributed by atoms with E-state index in [1.807, 2.05) is 56.2 Å². The number of anilines is 3. The van der Waals surface area contributed by atoms with Crippen LogP contribution in [0.3, 0.4) is 0 Å². The molecule has 4 aliphatic heterocycles. The first kappa shape index (κ1) is 96.1. The van der Waals surface area contributed by atoms with Crippen molar-refractivity contribution in [3.05, 3.63) is 184 Å². The second kappa shape index (κ2) is 45.9. The maximum absolute atomic E-state index is 12.8. The monoisotopic (exact) mass is 1880 g/mol. The predicted octanol–water partition coefficient (Wildman–Crippen LogP) is 16.2. The Labute approximate surface area is 727 Å². The summed E-state index contributed by atoms with van der Waals surface area (Å²) >= 11 is 5.59. The van der Waals surface area contributed by atoms with E-state index < -0.39 is 45.5 Å². The van der Waals surface area contributed by atoms with Crippen LogP contribution < -0.4 is 64.7 Å². The van der Waals surface area contributed by atoms with Gasteiger partial charge in [0, 0.05) is 141 Å². The normalized spacial score (nSPS) is 15.9. The number of hydrogen-bond acceptors (Lipinski definition) is 18. The first-order valence-electron chi connectivity index (χ1n) is 35.7. The molecule has 4 aromatic heterocycles. The minimum absolute atomic E-state index is 0. The second-order valence-corrected chi connectivity index (χ2v) is 33.0. The molecular weight excluding hydrogens is 1800 g/mol. The Hall–Kier alpha value is -9.06. The van der Waals surface area contributed by atoms with E-state index in [2.05, 4.69) is 96.1 Å². The quantitative estimate of drug-likeness (QED) is 0.0146. The van der Waals surface area contributed by atoms with Crippen LogP contribution in [0.15, 0.2) is 158 Å². The van der Waals surface area contributed by atoms with Crippen LogP contribution in [0.2, 0.25) is 0 Å². The van der Waals surface area contributed by atoms with Crippen LogP contribution in [0.4, 0.5) is 52.2 Å². The number of nitrogens with two attached hydrogens (primary N) is 2. The van der Waals surface area contributed by atoms with Crippen molar-refractivity contribution >= 4 is 129 Å². The molecule has 0 amide bonds. The van der Waals surface area contributed by atoms with Gasteiger partial charge in [-0.05, 0) is 182 Å². The molecule has 23 nitrogen and oxygen atoms in total. The average molecular weight is 1880 g/mol. The minimum Gasteiger partial charge on any atom is -1.00 e. The van der Waals surface area contributed by atoms with Gasteiger partial charge in [0.15, 0.2) is 0 Å². The fraction of sp³-hybridized carbons (Fsp3) is 0.333. The first-order chi connectivity index (χ1) is 55.4. The van der Waals surface area contributed by atoms with Gasteiger partial charge in [0.2, 0.25) is 19.1 Å². The van der Waals surface area contributed by atoms with Gasteiger partial charge in [-0.25, -0.2) is 16.8 Å². The second-order valence-electron chi connectivity index (χ2n) is 26.3. The number of alkyl halides is 9. The summed E-state index contributed by atoms with van der Waals surface area (Å²) in [6.45, 7) is -6.94. The number of nitriles is 4. The molecular formula is C81H83BrClF8IN11NaO12S2. The van der Waals surface area contributed by atoms with E-state index in [1.165, 1.54) is 65.1 Å². The fourth-order valence-corrected chi connectivity index (χ4v) is 14.5. The summed E-state index contributed by atoms with van der Waals surface area (Å²) in [6.07, 6.45) is 14.0. The number of aromatic amines is 1. The van der Waals surface area contributed by atoms with Crippen LogP contribution in [-0.2, 0) is 57.7 Å². The Balaban J connectivity index is 0.000000230. The van der Waals surface area contributed by atoms with Crippen molar-refractivity contribution in [2.24, 2.45) is 0 Å². The molecule has 624 valence electrons. The van der Waals surface area contributed by atoms with E-state index in [0.717, 1.165) is 91.9 Å². The molecule has 4 fully saturated rings. The van der Waals surface area contributed by atoms with Gasteiger partial charge in [-0.3, -0.25) is 4.72 Å². The number of rotatable bonds is 19. The number of nitrogen functional groups attached to an aromatic ring is 2. The summed E-state index contributed by atoms with van der Waals surface area (Å²) in [5.41, 5.74) is 20.4. The Morgan fingerprint density at radius 1 is 0.534 bits per heavy atom. The maximum atomic E-state index is 12.8. The standard InChI is InChI=1S/C22H21F2N3O4S.C21H19F2N3O2.C15H14F2N2O2.C10H6F2N2O.C6H6IN.C5H9BrO.CH3ClO2S.CH4.Na.H/c1-32(28,29)26-15-6-4-14(5-7-15)21-19(12-25)18-9-8-16(31-22(23)24)11-20(18)27(21)13-17-3-2-10-30-17;22-21(23)28-15-7-8-17-18(11-24)20(13-3-5-14(25)6-4-13)26(19(17)10-15)12-16-2-1-9-27-16;16-15(17)21-11-3-4-13-10(7-18)8-19(14(13)6-11)9-12-2-1-5-20-12;11-10(12)15-7-1-2-8-6(4-13)5-14-9(8)3-7;7-5-1-3-6(8)4-2-5;6-4-5-2-1-3-7-5;1-5(2,3)4;;;/h4-9,11,17,22,26H,2-3,10,13H2,1H3;3-8,10,16,21H,1-2,9,12,25H2;3-4,6,8,12,15H,1-2,5,9H2;1-3,5,10,14H;1-4H,8H2;5H,1-4H2;1H3;1H4;;/q;;;;;;;;+1;-1. The van der Waals surface area contributed by atoms with Crippen molar-refractivity contribution in [2.75, 3.05) is 60.5 Å². The number of fused-ring (bicyclic) bond motifs is 4. The molecule has 0 saturated carbocycles. The van der Waals surface area contributed by atoms with Crippen molar-refractivity contribution < 1.29 is 121 Å². The van der Waals surface area contributed by atoms with E-state index in [1.54, 1.807) is 72.9 Å². The molecule has 7 aromatic carbocycles. The van der Waals surface area contributed by atoms with Gasteiger partial charge in [-0.1, -0.05) is 47.6 Å². The third-order valence-electron chi connectivity index (χ3n) is 17.9. The third kappa shape index (κ3) is 28.6. The maximum Gasteiger partial charge on any atom is 1.00 e. The van der Waals surface area contributed by atoms with Crippen LogP contribution in [0.5, 0.6) is 23.0 Å². The molecule has 11 aromatic rings. The number of sulfonamides is 1. The van der Waals surface area contributed by atoms with Crippen LogP contribution >= 0.6 is 49.2 Å². The van der Waals surface area contributed by atoms with Crippen LogP contribution in [0.1, 0.15) is 82.5 Å². The summed E-state index contributed by atoms with van der Waals surface area (Å²) in [7, 11) is -2.12. The Kier molecular flexibility index (Phi) is 37.4. The largest absolute Gasteiger partial charge is 1.00 e. The van der Waals surface area contributed by atoms with Gasteiger partial charge in [0.25, 0.3) is 0 Å². The van der Waals surface area contributed by atoms with Crippen LogP contribution in [0.25, 0.3) is 66.1 Å². The van der Waals surface area contributed by atoms with Gasteiger partial charge in [0.05, 0.1) is 92.6 Å². The zero-order valence-electron chi connectivity index (χ0n) is 64.1. The molecule has 4 unspecified atom stereocenters. The molecule has 118 heavy (non-hydrogen) atoms. The SMILES string of the molecule is BrCC1CCCO1.C.CS(=O)(=O)Cl.CS(=O)(=O)Nc1ccc(-c2c(C#N)c3ccc(OC(F)F)cc3n2CC2CCCO2)cc1.N#Cc1c(-c2ccc(N)cc2)n(CC2CCCO2)c2cc(OC(F)F)ccc12.N#Cc1c[nH]c2cc(OC(F)F)ccc12.N#Cc1cn(CC2CCCO2)c2cc(OC(F)F)ccc12.Nc1ccc(I)cc1.[H-].[Na+]. The molecule has 4 aliphatic rings. The number of nitrogens with one attached hydrogen (secondary N) is 2. The van der Waals surface area contributed by atoms with Gasteiger partial charge in [-0.15, -0.1) is 0 Å². The molecule has 8 heterocycles. The smallest absolute Gasteiger partial charge is 1.00 e. The Bertz CT molecular complexity index is 5510. The molecule has 15 rings (SSSR count). The number of ether oxygens (including phenoxy) is 8. The topological polar surface area (TPSA) is 332 Å². The zero-order chi connectivity index (χ0) is 83.8. The summed E-state index contributed by atoms with van der Waals surface area (Å²) in [5, 5.41) is 41.4. The Morgan fingerprint density at radius 3 is 1.25 bits per heavy atom. The molecule has 0 bridgehead atoms. The molecule has 0 spiro atoms. The summed E-state index contributed by atoms with van der Waals surface area (Å²) in [6, 6.07) is 48.5. The van der Waals surface area contributed by atoms with Gasteiger partial charge < -0.3 is 69.5 Å². The number of aromatic nitrogens is 4. The van der Waals surface area contributed by atoms with Gasteiger partial charge in [-0.2, -0.15) is 56.2 Å². The molecule has 0 aliphatic carbocycles. The van der Waals surface area contributed by atoms with Crippen LogP contribution in [0, 0.1) is 48.9 Å². The Morgan fingerprint density at radius 2 is 0.898 bits per heavy atom. The van der Waals surface area contributed by atoms with Gasteiger partial charge >= 0.3 is 56.0 Å².